The Bertz CT molecular complexity index is 919. The molecule has 1 aromatic heterocycles. The first-order valence-electron chi connectivity index (χ1n) is 6.08. The summed E-state index contributed by atoms with van der Waals surface area (Å²) in [5, 5.41) is -0.293. The fraction of sp³-hybridized carbons (Fsp3) is 0.0714. The molecule has 2 aromatic carbocycles. The molecule has 3 aromatic rings. The topological polar surface area (TPSA) is 86.2 Å². The molecular weight excluding hydrogens is 356 g/mol. The lowest BCUT2D eigenvalue weighted by Crippen LogP contribution is -2.05. The number of sulfone groups is 1. The summed E-state index contributed by atoms with van der Waals surface area (Å²) in [6, 6.07) is 12.0. The van der Waals surface area contributed by atoms with Crippen LogP contribution in [0.4, 0.5) is 5.69 Å². The molecule has 0 fully saturated rings. The summed E-state index contributed by atoms with van der Waals surface area (Å²) in [6.07, 6.45) is 0. The molecule has 0 aliphatic heterocycles. The van der Waals surface area contributed by atoms with Crippen LogP contribution >= 0.6 is 15.9 Å². The molecule has 0 amide bonds. The Morgan fingerprint density at radius 3 is 2.71 bits per heavy atom. The Kier molecular flexibility index (Phi) is 3.46. The third-order valence-corrected chi connectivity index (χ3v) is 5.13. The highest BCUT2D eigenvalue weighted by Gasteiger charge is 2.23. The number of nitrogens with zero attached hydrogens (tertiary/aromatic N) is 1. The number of nitrogen functional groups attached to an aromatic ring is 1. The average molecular weight is 367 g/mol. The summed E-state index contributed by atoms with van der Waals surface area (Å²) in [4.78, 5) is 4.02. The van der Waals surface area contributed by atoms with Crippen molar-refractivity contribution in [3.05, 3.63) is 52.5 Å². The van der Waals surface area contributed by atoms with E-state index in [1.54, 1.807) is 36.4 Å². The normalized spacial score (nSPS) is 11.9. The van der Waals surface area contributed by atoms with Crippen LogP contribution in [-0.2, 0) is 15.6 Å². The summed E-state index contributed by atoms with van der Waals surface area (Å²) in [6.45, 7) is 0. The van der Waals surface area contributed by atoms with Crippen molar-refractivity contribution in [1.29, 1.82) is 0 Å². The van der Waals surface area contributed by atoms with Gasteiger partial charge in [0.2, 0.25) is 9.84 Å². The molecule has 0 saturated carbocycles. The molecule has 21 heavy (non-hydrogen) atoms. The number of aromatic nitrogens is 1. The molecule has 0 aliphatic rings. The zero-order valence-corrected chi connectivity index (χ0v) is 13.2. The highest BCUT2D eigenvalue weighted by atomic mass is 79.9. The smallest absolute Gasteiger partial charge is 0.316 e. The third-order valence-electron chi connectivity index (χ3n) is 2.96. The molecule has 0 unspecified atom stereocenters. The van der Waals surface area contributed by atoms with Gasteiger partial charge in [-0.25, -0.2) is 8.42 Å². The number of anilines is 1. The van der Waals surface area contributed by atoms with Gasteiger partial charge in [0.05, 0.1) is 5.75 Å². The van der Waals surface area contributed by atoms with E-state index in [4.69, 9.17) is 10.2 Å². The Morgan fingerprint density at radius 2 is 1.95 bits per heavy atom. The first kappa shape index (κ1) is 14.1. The molecule has 1 heterocycles. The van der Waals surface area contributed by atoms with Crippen LogP contribution in [0.15, 0.2) is 56.6 Å². The summed E-state index contributed by atoms with van der Waals surface area (Å²) < 4.78 is 30.9. The summed E-state index contributed by atoms with van der Waals surface area (Å²) >= 11 is 3.33. The predicted octanol–water partition coefficient (Wildman–Crippen LogP) is 3.15. The van der Waals surface area contributed by atoms with Crippen LogP contribution in [0.5, 0.6) is 0 Å². The van der Waals surface area contributed by atoms with E-state index < -0.39 is 9.84 Å². The maximum Gasteiger partial charge on any atom is 0.316 e. The van der Waals surface area contributed by atoms with Crippen molar-refractivity contribution in [1.82, 2.24) is 4.98 Å². The maximum atomic E-state index is 12.4. The van der Waals surface area contributed by atoms with Crippen LogP contribution in [0.2, 0.25) is 0 Å². The first-order valence-corrected chi connectivity index (χ1v) is 8.52. The lowest BCUT2D eigenvalue weighted by Gasteiger charge is -2.02. The molecule has 108 valence electrons. The number of hydrogen-bond acceptors (Lipinski definition) is 5. The molecule has 0 bridgehead atoms. The third kappa shape index (κ3) is 2.79. The van der Waals surface area contributed by atoms with Crippen molar-refractivity contribution in [2.45, 2.75) is 11.0 Å². The van der Waals surface area contributed by atoms with Crippen molar-refractivity contribution in [3.8, 4) is 0 Å². The first-order chi connectivity index (χ1) is 9.95. The monoisotopic (exact) mass is 366 g/mol. The second kappa shape index (κ2) is 5.16. The van der Waals surface area contributed by atoms with Crippen LogP contribution in [0.25, 0.3) is 11.1 Å². The number of nitrogens with two attached hydrogens (primary N) is 1. The van der Waals surface area contributed by atoms with Gasteiger partial charge in [0.15, 0.2) is 5.58 Å². The molecule has 0 atom stereocenters. The van der Waals surface area contributed by atoms with Gasteiger partial charge < -0.3 is 10.2 Å². The number of fused-ring (bicyclic) bond motifs is 1. The Hall–Kier alpha value is -1.86. The molecule has 0 aliphatic carbocycles. The number of hydrogen-bond donors (Lipinski definition) is 1. The van der Waals surface area contributed by atoms with Gasteiger partial charge in [-0.2, -0.15) is 4.98 Å². The van der Waals surface area contributed by atoms with Crippen LogP contribution in [0.1, 0.15) is 5.56 Å². The lowest BCUT2D eigenvalue weighted by atomic mass is 10.2. The van der Waals surface area contributed by atoms with Gasteiger partial charge in [-0.3, -0.25) is 0 Å². The fourth-order valence-electron chi connectivity index (χ4n) is 1.94. The SMILES string of the molecule is Nc1ccc2oc(S(=O)(=O)Cc3ccccc3Br)nc2c1. The minimum Gasteiger partial charge on any atom is -0.428 e. The average Bonchev–Trinajstić information content (AvgIpc) is 2.85. The van der Waals surface area contributed by atoms with Crippen molar-refractivity contribution in [2.24, 2.45) is 0 Å². The van der Waals surface area contributed by atoms with Gasteiger partial charge in [0.25, 0.3) is 0 Å². The summed E-state index contributed by atoms with van der Waals surface area (Å²) in [7, 11) is -3.66. The zero-order chi connectivity index (χ0) is 15.0. The van der Waals surface area contributed by atoms with E-state index in [1.807, 2.05) is 6.07 Å². The van der Waals surface area contributed by atoms with Gasteiger partial charge in [-0.15, -0.1) is 0 Å². The Labute approximate surface area is 129 Å². The zero-order valence-electron chi connectivity index (χ0n) is 10.8. The quantitative estimate of drug-likeness (QED) is 0.719. The number of rotatable bonds is 3. The standard InChI is InChI=1S/C14H11BrN2O3S/c15-11-4-2-1-3-9(11)8-21(18,19)14-17-12-7-10(16)5-6-13(12)20-14/h1-7H,8,16H2. The molecule has 0 radical (unpaired) electrons. The molecule has 3 rings (SSSR count). The highest BCUT2D eigenvalue weighted by Crippen LogP contribution is 2.25. The maximum absolute atomic E-state index is 12.4. The number of benzene rings is 2. The highest BCUT2D eigenvalue weighted by molar-refractivity contribution is 9.10. The van der Waals surface area contributed by atoms with E-state index in [0.717, 1.165) is 4.47 Å². The molecule has 0 saturated heterocycles. The molecule has 2 N–H and O–H groups in total. The Morgan fingerprint density at radius 1 is 1.19 bits per heavy atom. The lowest BCUT2D eigenvalue weighted by molar-refractivity contribution is 0.458. The van der Waals surface area contributed by atoms with E-state index in [1.165, 1.54) is 0 Å². The van der Waals surface area contributed by atoms with Crippen LogP contribution < -0.4 is 5.73 Å². The van der Waals surface area contributed by atoms with Gasteiger partial charge in [0.1, 0.15) is 5.52 Å². The molecule has 7 heteroatoms. The van der Waals surface area contributed by atoms with E-state index >= 15 is 0 Å². The molecular formula is C14H11BrN2O3S. The summed E-state index contributed by atoms with van der Waals surface area (Å²) in [5.74, 6) is -0.184. The Balaban J connectivity index is 2.02. The van der Waals surface area contributed by atoms with Crippen molar-refractivity contribution < 1.29 is 12.8 Å². The minimum absolute atomic E-state index is 0.184. The van der Waals surface area contributed by atoms with E-state index in [-0.39, 0.29) is 11.0 Å². The number of halogens is 1. The van der Waals surface area contributed by atoms with Gasteiger partial charge >= 0.3 is 5.22 Å². The van der Waals surface area contributed by atoms with E-state index in [0.29, 0.717) is 22.4 Å². The number of oxazole rings is 1. The van der Waals surface area contributed by atoms with Gasteiger partial charge in [0, 0.05) is 10.2 Å². The predicted molar refractivity (Wildman–Crippen MR) is 83.5 cm³/mol. The minimum atomic E-state index is -3.66. The van der Waals surface area contributed by atoms with Crippen LogP contribution in [-0.4, -0.2) is 13.4 Å². The second-order valence-electron chi connectivity index (χ2n) is 4.56. The van der Waals surface area contributed by atoms with Crippen LogP contribution in [0.3, 0.4) is 0 Å². The van der Waals surface area contributed by atoms with Crippen molar-refractivity contribution in [2.75, 3.05) is 5.73 Å². The van der Waals surface area contributed by atoms with E-state index in [2.05, 4.69) is 20.9 Å². The second-order valence-corrected chi connectivity index (χ2v) is 7.28. The van der Waals surface area contributed by atoms with Crippen LogP contribution in [0, 0.1) is 0 Å². The fourth-order valence-corrected chi connectivity index (χ4v) is 3.79. The van der Waals surface area contributed by atoms with Crippen molar-refractivity contribution in [3.63, 3.8) is 0 Å². The largest absolute Gasteiger partial charge is 0.428 e. The van der Waals surface area contributed by atoms with E-state index in [9.17, 15) is 8.42 Å². The molecule has 0 spiro atoms. The summed E-state index contributed by atoms with van der Waals surface area (Å²) in [5.41, 5.74) is 7.63. The van der Waals surface area contributed by atoms with Gasteiger partial charge in [-0.05, 0) is 29.8 Å². The van der Waals surface area contributed by atoms with Crippen molar-refractivity contribution >= 4 is 42.6 Å². The van der Waals surface area contributed by atoms with Gasteiger partial charge in [-0.1, -0.05) is 34.1 Å². The molecule has 5 nitrogen and oxygen atoms in total.